The lowest BCUT2D eigenvalue weighted by Gasteiger charge is -2.26. The van der Waals surface area contributed by atoms with E-state index in [1.165, 1.54) is 11.8 Å². The SMILES string of the molecule is Cc1ccc(C(C)(C)CC(=O)NC(CO)c2ccco2)cc1. The first kappa shape index (κ1) is 16.3. The average molecular weight is 301 g/mol. The number of aryl methyl sites for hydroxylation is 1. The highest BCUT2D eigenvalue weighted by molar-refractivity contribution is 5.78. The number of furan rings is 1. The first-order valence-corrected chi connectivity index (χ1v) is 7.43. The summed E-state index contributed by atoms with van der Waals surface area (Å²) in [5, 5.41) is 12.2. The van der Waals surface area contributed by atoms with Crippen molar-refractivity contribution < 1.29 is 14.3 Å². The Morgan fingerprint density at radius 3 is 2.50 bits per heavy atom. The second-order valence-corrected chi connectivity index (χ2v) is 6.24. The summed E-state index contributed by atoms with van der Waals surface area (Å²) in [6, 6.07) is 11.2. The molecule has 1 heterocycles. The predicted molar refractivity (Wildman–Crippen MR) is 85.5 cm³/mol. The molecule has 2 aromatic rings. The first-order valence-electron chi connectivity index (χ1n) is 7.43. The van der Waals surface area contributed by atoms with Gasteiger partial charge in [-0.3, -0.25) is 4.79 Å². The fourth-order valence-electron chi connectivity index (χ4n) is 2.45. The van der Waals surface area contributed by atoms with Crippen LogP contribution in [0.1, 0.15) is 43.2 Å². The molecule has 1 amide bonds. The summed E-state index contributed by atoms with van der Waals surface area (Å²) in [4.78, 5) is 12.3. The van der Waals surface area contributed by atoms with Gasteiger partial charge >= 0.3 is 0 Å². The quantitative estimate of drug-likeness (QED) is 0.861. The van der Waals surface area contributed by atoms with Gasteiger partial charge in [0.1, 0.15) is 11.8 Å². The van der Waals surface area contributed by atoms with Crippen LogP contribution >= 0.6 is 0 Å². The highest BCUT2D eigenvalue weighted by Gasteiger charge is 2.26. The smallest absolute Gasteiger partial charge is 0.221 e. The monoisotopic (exact) mass is 301 g/mol. The van der Waals surface area contributed by atoms with Crippen LogP contribution in [0, 0.1) is 6.92 Å². The minimum Gasteiger partial charge on any atom is -0.467 e. The number of hydrogen-bond acceptors (Lipinski definition) is 3. The highest BCUT2D eigenvalue weighted by atomic mass is 16.3. The summed E-state index contributed by atoms with van der Waals surface area (Å²) in [5.74, 6) is 0.449. The fourth-order valence-corrected chi connectivity index (χ4v) is 2.45. The number of aliphatic hydroxyl groups is 1. The van der Waals surface area contributed by atoms with Crippen molar-refractivity contribution in [2.45, 2.75) is 38.6 Å². The van der Waals surface area contributed by atoms with Gasteiger partial charge in [0.25, 0.3) is 0 Å². The third-order valence-electron chi connectivity index (χ3n) is 3.84. The number of amides is 1. The van der Waals surface area contributed by atoms with E-state index in [-0.39, 0.29) is 17.9 Å². The standard InChI is InChI=1S/C18H23NO3/c1-13-6-8-14(9-7-13)18(2,3)11-17(21)19-15(12-20)16-5-4-10-22-16/h4-10,15,20H,11-12H2,1-3H3,(H,19,21). The molecule has 0 radical (unpaired) electrons. The van der Waals surface area contributed by atoms with Gasteiger partial charge in [-0.05, 0) is 30.0 Å². The fraction of sp³-hybridized carbons (Fsp3) is 0.389. The maximum atomic E-state index is 12.3. The molecule has 0 saturated carbocycles. The van der Waals surface area contributed by atoms with Crippen molar-refractivity contribution in [3.8, 4) is 0 Å². The molecule has 0 fully saturated rings. The predicted octanol–water partition coefficient (Wildman–Crippen LogP) is 3.11. The van der Waals surface area contributed by atoms with Gasteiger partial charge in [0, 0.05) is 6.42 Å². The lowest BCUT2D eigenvalue weighted by Crippen LogP contribution is -2.35. The Hall–Kier alpha value is -2.07. The average Bonchev–Trinajstić information content (AvgIpc) is 2.98. The van der Waals surface area contributed by atoms with Crippen molar-refractivity contribution in [1.82, 2.24) is 5.32 Å². The summed E-state index contributed by atoms with van der Waals surface area (Å²) in [6.45, 7) is 5.93. The number of benzene rings is 1. The molecule has 0 aliphatic rings. The van der Waals surface area contributed by atoms with E-state index in [1.807, 2.05) is 32.9 Å². The normalized spacial score (nSPS) is 12.9. The molecule has 1 unspecified atom stereocenters. The maximum absolute atomic E-state index is 12.3. The van der Waals surface area contributed by atoms with Crippen molar-refractivity contribution in [2.24, 2.45) is 0 Å². The van der Waals surface area contributed by atoms with Gasteiger partial charge in [-0.1, -0.05) is 43.7 Å². The number of rotatable bonds is 6. The second-order valence-electron chi connectivity index (χ2n) is 6.24. The van der Waals surface area contributed by atoms with Gasteiger partial charge in [0.2, 0.25) is 5.91 Å². The minimum absolute atomic E-state index is 0.110. The number of carbonyl (C=O) groups excluding carboxylic acids is 1. The highest BCUT2D eigenvalue weighted by Crippen LogP contribution is 2.27. The lowest BCUT2D eigenvalue weighted by molar-refractivity contribution is -0.123. The summed E-state index contributed by atoms with van der Waals surface area (Å²) in [7, 11) is 0. The van der Waals surface area contributed by atoms with Crippen LogP contribution in [-0.4, -0.2) is 17.6 Å². The number of nitrogens with one attached hydrogen (secondary N) is 1. The van der Waals surface area contributed by atoms with Gasteiger partial charge in [0.15, 0.2) is 0 Å². The second kappa shape index (κ2) is 6.79. The number of carbonyl (C=O) groups is 1. The summed E-state index contributed by atoms with van der Waals surface area (Å²) >= 11 is 0. The molecule has 4 heteroatoms. The van der Waals surface area contributed by atoms with E-state index < -0.39 is 6.04 Å². The third-order valence-corrected chi connectivity index (χ3v) is 3.84. The Balaban J connectivity index is 2.02. The first-order chi connectivity index (χ1) is 10.4. The van der Waals surface area contributed by atoms with E-state index in [1.54, 1.807) is 12.1 Å². The molecule has 4 nitrogen and oxygen atoms in total. The Labute approximate surface area is 131 Å². The molecule has 1 aromatic carbocycles. The largest absolute Gasteiger partial charge is 0.467 e. The van der Waals surface area contributed by atoms with E-state index >= 15 is 0 Å². The van der Waals surface area contributed by atoms with E-state index in [9.17, 15) is 9.90 Å². The summed E-state index contributed by atoms with van der Waals surface area (Å²) in [5.41, 5.74) is 2.04. The molecule has 118 valence electrons. The van der Waals surface area contributed by atoms with Gasteiger partial charge in [-0.2, -0.15) is 0 Å². The zero-order chi connectivity index (χ0) is 16.2. The van der Waals surface area contributed by atoms with Crippen molar-refractivity contribution in [3.05, 3.63) is 59.5 Å². The minimum atomic E-state index is -0.503. The third kappa shape index (κ3) is 3.98. The summed E-state index contributed by atoms with van der Waals surface area (Å²) < 4.78 is 5.24. The molecular formula is C18H23NO3. The van der Waals surface area contributed by atoms with Crippen LogP contribution in [0.4, 0.5) is 0 Å². The maximum Gasteiger partial charge on any atom is 0.221 e. The van der Waals surface area contributed by atoms with E-state index in [2.05, 4.69) is 17.4 Å². The van der Waals surface area contributed by atoms with Gasteiger partial charge in [-0.25, -0.2) is 0 Å². The molecule has 22 heavy (non-hydrogen) atoms. The van der Waals surface area contributed by atoms with Gasteiger partial charge in [-0.15, -0.1) is 0 Å². The van der Waals surface area contributed by atoms with Crippen LogP contribution < -0.4 is 5.32 Å². The van der Waals surface area contributed by atoms with Crippen LogP contribution in [0.3, 0.4) is 0 Å². The molecule has 0 spiro atoms. The Morgan fingerprint density at radius 1 is 1.27 bits per heavy atom. The van der Waals surface area contributed by atoms with Crippen molar-refractivity contribution in [3.63, 3.8) is 0 Å². The Bertz CT molecular complexity index is 600. The summed E-state index contributed by atoms with van der Waals surface area (Å²) in [6.07, 6.45) is 1.87. The van der Waals surface area contributed by atoms with Gasteiger partial charge < -0.3 is 14.8 Å². The zero-order valence-corrected chi connectivity index (χ0v) is 13.3. The van der Waals surface area contributed by atoms with Crippen molar-refractivity contribution in [2.75, 3.05) is 6.61 Å². The zero-order valence-electron chi connectivity index (χ0n) is 13.3. The van der Waals surface area contributed by atoms with Crippen molar-refractivity contribution >= 4 is 5.91 Å². The van der Waals surface area contributed by atoms with E-state index in [0.29, 0.717) is 12.2 Å². The van der Waals surface area contributed by atoms with E-state index in [4.69, 9.17) is 4.42 Å². The van der Waals surface area contributed by atoms with Crippen molar-refractivity contribution in [1.29, 1.82) is 0 Å². The molecule has 2 rings (SSSR count). The number of hydrogen-bond donors (Lipinski definition) is 2. The van der Waals surface area contributed by atoms with Crippen LogP contribution in [0.25, 0.3) is 0 Å². The van der Waals surface area contributed by atoms with Crippen LogP contribution in [0.5, 0.6) is 0 Å². The Kier molecular flexibility index (Phi) is 5.03. The van der Waals surface area contributed by atoms with Gasteiger partial charge in [0.05, 0.1) is 12.9 Å². The Morgan fingerprint density at radius 2 is 1.95 bits per heavy atom. The van der Waals surface area contributed by atoms with E-state index in [0.717, 1.165) is 5.56 Å². The molecule has 2 N–H and O–H groups in total. The molecule has 1 atom stereocenters. The molecular weight excluding hydrogens is 278 g/mol. The number of aliphatic hydroxyl groups excluding tert-OH is 1. The van der Waals surface area contributed by atoms with Crippen LogP contribution in [-0.2, 0) is 10.2 Å². The lowest BCUT2D eigenvalue weighted by atomic mass is 9.81. The topological polar surface area (TPSA) is 62.5 Å². The molecule has 0 bridgehead atoms. The molecule has 0 aliphatic heterocycles. The van der Waals surface area contributed by atoms with Crippen LogP contribution in [0.2, 0.25) is 0 Å². The molecule has 0 aliphatic carbocycles. The molecule has 1 aromatic heterocycles. The van der Waals surface area contributed by atoms with Crippen LogP contribution in [0.15, 0.2) is 47.1 Å². The molecule has 0 saturated heterocycles.